The maximum atomic E-state index is 12.5. The largest absolute Gasteiger partial charge is 0.394 e. The number of rotatable bonds is 41. The van der Waals surface area contributed by atoms with E-state index in [2.05, 4.69) is 55.6 Å². The topological polar surface area (TPSA) is 110 Å². The van der Waals surface area contributed by atoms with E-state index in [0.29, 0.717) is 19.3 Å². The van der Waals surface area contributed by atoms with Crippen LogP contribution in [0.1, 0.15) is 226 Å². The molecule has 1 amide bonds. The van der Waals surface area contributed by atoms with E-state index in [4.69, 9.17) is 0 Å². The number of unbranched alkanes of at least 4 members (excludes halogenated alkanes) is 26. The molecule has 0 bridgehead atoms. The fraction of sp³-hybridized carbons (Fsp3) is 0.851. The van der Waals surface area contributed by atoms with Gasteiger partial charge >= 0.3 is 0 Å². The number of hydrogen-bond acceptors (Lipinski definition) is 5. The molecule has 6 nitrogen and oxygen atoms in total. The molecule has 0 saturated heterocycles. The van der Waals surface area contributed by atoms with Crippen LogP contribution in [0.3, 0.4) is 0 Å². The fourth-order valence-corrected chi connectivity index (χ4v) is 6.89. The Bertz CT molecular complexity index is 843. The van der Waals surface area contributed by atoms with Crippen molar-refractivity contribution in [1.29, 1.82) is 0 Å². The van der Waals surface area contributed by atoms with Crippen LogP contribution in [0.5, 0.6) is 0 Å². The minimum atomic E-state index is -1.29. The van der Waals surface area contributed by atoms with Crippen molar-refractivity contribution in [2.45, 2.75) is 250 Å². The van der Waals surface area contributed by atoms with E-state index in [9.17, 15) is 25.2 Å². The first-order chi connectivity index (χ1) is 26.0. The molecule has 0 radical (unpaired) electrons. The number of allylic oxidation sites excluding steroid dienone is 6. The van der Waals surface area contributed by atoms with E-state index >= 15 is 0 Å². The van der Waals surface area contributed by atoms with E-state index in [1.165, 1.54) is 141 Å². The van der Waals surface area contributed by atoms with E-state index in [1.807, 2.05) is 0 Å². The number of aliphatic hydroxyl groups excluding tert-OH is 4. The molecule has 0 rings (SSSR count). The van der Waals surface area contributed by atoms with Gasteiger partial charge in [-0.05, 0) is 77.0 Å². The van der Waals surface area contributed by atoms with Gasteiger partial charge < -0.3 is 25.7 Å². The van der Waals surface area contributed by atoms with Gasteiger partial charge in [-0.25, -0.2) is 0 Å². The summed E-state index contributed by atoms with van der Waals surface area (Å²) in [6.07, 6.45) is 48.9. The van der Waals surface area contributed by atoms with Crippen LogP contribution in [-0.4, -0.2) is 57.3 Å². The number of hydrogen-bond donors (Lipinski definition) is 5. The summed E-state index contributed by atoms with van der Waals surface area (Å²) in [6, 6.07) is -1.01. The van der Waals surface area contributed by atoms with Gasteiger partial charge in [-0.2, -0.15) is 0 Å². The average Bonchev–Trinajstić information content (AvgIpc) is 3.16. The number of carbonyl (C=O) groups excluding carboxylic acids is 1. The Balaban J connectivity index is 3.80. The first-order valence-corrected chi connectivity index (χ1v) is 22.9. The summed E-state index contributed by atoms with van der Waals surface area (Å²) in [5.41, 5.74) is 0. The zero-order chi connectivity index (χ0) is 38.9. The van der Waals surface area contributed by atoms with Crippen molar-refractivity contribution in [3.63, 3.8) is 0 Å². The maximum Gasteiger partial charge on any atom is 0.249 e. The average molecular weight is 748 g/mol. The molecule has 5 N–H and O–H groups in total. The standard InChI is InChI=1S/C47H89NO5/c1-3-5-7-9-11-13-15-17-19-21-23-25-27-29-31-33-35-37-39-41-45(51)47(53)48-43(42-49)46(52)44(50)40-38-36-34-32-30-28-26-24-22-20-18-16-14-12-10-8-6-4-2/h23-26,32,34,43-46,49-52H,3-22,27-31,33,35-42H2,1-2H3,(H,48,53)/b25-23-,26-24+,34-32+. The van der Waals surface area contributed by atoms with Crippen molar-refractivity contribution < 1.29 is 25.2 Å². The van der Waals surface area contributed by atoms with Crippen LogP contribution in [-0.2, 0) is 4.79 Å². The molecular formula is C47H89NO5. The Hall–Kier alpha value is -1.47. The lowest BCUT2D eigenvalue weighted by Crippen LogP contribution is -2.53. The molecule has 0 aliphatic carbocycles. The molecule has 4 atom stereocenters. The molecule has 0 aromatic carbocycles. The predicted molar refractivity (Wildman–Crippen MR) is 228 cm³/mol. The van der Waals surface area contributed by atoms with Gasteiger partial charge in [0.2, 0.25) is 5.91 Å². The van der Waals surface area contributed by atoms with Crippen molar-refractivity contribution in [2.75, 3.05) is 6.61 Å². The predicted octanol–water partition coefficient (Wildman–Crippen LogP) is 12.1. The van der Waals surface area contributed by atoms with Crippen LogP contribution in [0.4, 0.5) is 0 Å². The van der Waals surface area contributed by atoms with Crippen LogP contribution in [0.15, 0.2) is 36.5 Å². The minimum absolute atomic E-state index is 0.353. The molecule has 0 saturated carbocycles. The molecule has 0 aromatic heterocycles. The second kappa shape index (κ2) is 41.7. The molecule has 0 aliphatic rings. The Morgan fingerprint density at radius 3 is 1.19 bits per heavy atom. The Morgan fingerprint density at radius 2 is 0.792 bits per heavy atom. The maximum absolute atomic E-state index is 12.5. The summed E-state index contributed by atoms with van der Waals surface area (Å²) in [5.74, 6) is -0.602. The lowest BCUT2D eigenvalue weighted by Gasteiger charge is -2.27. The van der Waals surface area contributed by atoms with Crippen molar-refractivity contribution in [3.05, 3.63) is 36.5 Å². The molecule has 0 aliphatic heterocycles. The van der Waals surface area contributed by atoms with Crippen molar-refractivity contribution >= 4 is 5.91 Å². The summed E-state index contributed by atoms with van der Waals surface area (Å²) in [6.45, 7) is 4.03. The lowest BCUT2D eigenvalue weighted by atomic mass is 10.00. The summed E-state index contributed by atoms with van der Waals surface area (Å²) in [4.78, 5) is 12.5. The molecule has 4 unspecified atom stereocenters. The van der Waals surface area contributed by atoms with Crippen LogP contribution >= 0.6 is 0 Å². The van der Waals surface area contributed by atoms with Crippen LogP contribution in [0, 0.1) is 0 Å². The third-order valence-electron chi connectivity index (χ3n) is 10.6. The monoisotopic (exact) mass is 748 g/mol. The number of aliphatic hydroxyl groups is 4. The van der Waals surface area contributed by atoms with Gasteiger partial charge in [0.25, 0.3) is 0 Å². The summed E-state index contributed by atoms with van der Waals surface area (Å²) in [7, 11) is 0. The van der Waals surface area contributed by atoms with Gasteiger partial charge in [0.15, 0.2) is 0 Å². The highest BCUT2D eigenvalue weighted by atomic mass is 16.3. The minimum Gasteiger partial charge on any atom is -0.394 e. The van der Waals surface area contributed by atoms with Crippen LogP contribution in [0.25, 0.3) is 0 Å². The van der Waals surface area contributed by atoms with E-state index in [1.54, 1.807) is 0 Å². The van der Waals surface area contributed by atoms with Crippen molar-refractivity contribution in [3.8, 4) is 0 Å². The third kappa shape index (κ3) is 36.0. The van der Waals surface area contributed by atoms with Gasteiger partial charge in [0, 0.05) is 0 Å². The highest BCUT2D eigenvalue weighted by molar-refractivity contribution is 5.80. The molecule has 312 valence electrons. The van der Waals surface area contributed by atoms with Crippen molar-refractivity contribution in [1.82, 2.24) is 5.32 Å². The molecule has 0 aromatic rings. The lowest BCUT2D eigenvalue weighted by molar-refractivity contribution is -0.132. The number of nitrogens with one attached hydrogen (secondary N) is 1. The third-order valence-corrected chi connectivity index (χ3v) is 10.6. The SMILES string of the molecule is CCCCCCCCCCC/C=C\CCCCCCCCC(O)C(=O)NC(CO)C(O)C(O)CCC/C=C/CC/C=C/CCCCCCCCCCC. The molecule has 6 heteroatoms. The Kier molecular flexibility index (Phi) is 40.5. The number of carbonyl (C=O) groups is 1. The smallest absolute Gasteiger partial charge is 0.249 e. The Morgan fingerprint density at radius 1 is 0.453 bits per heavy atom. The summed E-state index contributed by atoms with van der Waals surface area (Å²) < 4.78 is 0. The quantitative estimate of drug-likeness (QED) is 0.0316. The normalized spacial score (nSPS) is 14.5. The summed E-state index contributed by atoms with van der Waals surface area (Å²) in [5, 5.41) is 43.7. The highest BCUT2D eigenvalue weighted by Crippen LogP contribution is 2.15. The van der Waals surface area contributed by atoms with Gasteiger partial charge in [-0.15, -0.1) is 0 Å². The summed E-state index contributed by atoms with van der Waals surface area (Å²) >= 11 is 0. The van der Waals surface area contributed by atoms with Gasteiger partial charge in [0.1, 0.15) is 12.2 Å². The molecule has 53 heavy (non-hydrogen) atoms. The first kappa shape index (κ1) is 51.5. The van der Waals surface area contributed by atoms with Crippen molar-refractivity contribution in [2.24, 2.45) is 0 Å². The highest BCUT2D eigenvalue weighted by Gasteiger charge is 2.28. The zero-order valence-corrected chi connectivity index (χ0v) is 35.0. The van der Waals surface area contributed by atoms with E-state index < -0.39 is 36.9 Å². The van der Waals surface area contributed by atoms with Gasteiger partial charge in [-0.3, -0.25) is 4.79 Å². The molecule has 0 heterocycles. The van der Waals surface area contributed by atoms with E-state index in [-0.39, 0.29) is 0 Å². The number of amides is 1. The second-order valence-electron chi connectivity index (χ2n) is 15.7. The molecule has 0 fully saturated rings. The van der Waals surface area contributed by atoms with Gasteiger partial charge in [-0.1, -0.05) is 185 Å². The van der Waals surface area contributed by atoms with E-state index in [0.717, 1.165) is 51.4 Å². The first-order valence-electron chi connectivity index (χ1n) is 22.9. The zero-order valence-electron chi connectivity index (χ0n) is 35.0. The van der Waals surface area contributed by atoms with Crippen LogP contribution in [0.2, 0.25) is 0 Å². The molecule has 0 spiro atoms. The van der Waals surface area contributed by atoms with Gasteiger partial charge in [0.05, 0.1) is 18.8 Å². The Labute approximate surface area is 328 Å². The molecular weight excluding hydrogens is 659 g/mol. The second-order valence-corrected chi connectivity index (χ2v) is 15.7. The van der Waals surface area contributed by atoms with Crippen LogP contribution < -0.4 is 5.32 Å². The fourth-order valence-electron chi connectivity index (χ4n) is 6.89.